The zero-order valence-corrected chi connectivity index (χ0v) is 51.5. The molecular weight excluding hydrogens is 1250 g/mol. The van der Waals surface area contributed by atoms with Crippen molar-refractivity contribution < 1.29 is 149 Å². The van der Waals surface area contributed by atoms with Gasteiger partial charge in [0.1, 0.15) is 0 Å². The minimum atomic E-state index is -1.54. The van der Waals surface area contributed by atoms with Crippen LogP contribution in [0.1, 0.15) is 0 Å². The molecule has 0 aromatic rings. The van der Waals surface area contributed by atoms with Gasteiger partial charge in [-0.25, -0.2) is 0 Å². The van der Waals surface area contributed by atoms with E-state index in [1.165, 1.54) is 14.7 Å². The van der Waals surface area contributed by atoms with Gasteiger partial charge in [-0.15, -0.1) is 0 Å². The molecule has 0 atom stereocenters. The summed E-state index contributed by atoms with van der Waals surface area (Å²) in [7, 11) is 0. The summed E-state index contributed by atoms with van der Waals surface area (Å²) in [4.78, 5) is 169. The van der Waals surface area contributed by atoms with Crippen LogP contribution in [0.3, 0.4) is 0 Å². The van der Waals surface area contributed by atoms with Gasteiger partial charge in [0.05, 0.1) is 89.5 Å². The van der Waals surface area contributed by atoms with Crippen molar-refractivity contribution >= 4 is 176 Å². The van der Waals surface area contributed by atoms with Gasteiger partial charge in [-0.05, 0) is 0 Å². The summed E-state index contributed by atoms with van der Waals surface area (Å²) in [5.74, 6) is -23.0. The molecule has 0 aliphatic carbocycles. The maximum atomic E-state index is 10.8. The van der Waals surface area contributed by atoms with Gasteiger partial charge >= 0.3 is 86.8 Å². The van der Waals surface area contributed by atoms with Crippen LogP contribution in [0, 0.1) is 0 Å². The van der Waals surface area contributed by atoms with Gasteiger partial charge in [-0.2, -0.15) is 0 Å². The second-order valence-corrected chi connectivity index (χ2v) is 16.7. The number of carboxylic acids is 15. The van der Waals surface area contributed by atoms with E-state index in [0.29, 0.717) is 0 Å². The summed E-state index contributed by atoms with van der Waals surface area (Å²) in [6, 6.07) is 0. The van der Waals surface area contributed by atoms with Gasteiger partial charge in [-0.1, -0.05) is 0 Å². The van der Waals surface area contributed by atoms with Crippen LogP contribution in [-0.4, -0.2) is 397 Å². The molecule has 0 aromatic heterocycles. The van der Waals surface area contributed by atoms with Crippen molar-refractivity contribution in [3.8, 4) is 0 Å². The van der Waals surface area contributed by atoms with E-state index in [-0.39, 0.29) is 165 Å². The van der Waals surface area contributed by atoms with E-state index in [1.807, 2.05) is 0 Å². The SMILES string of the molecule is O=C([O-])CN(CCN(CC(=O)[O-])CC(=O)[O-])CCN(CC(=O)[O-])CC(=O)[O-].O=C([O-])CN(CCN(CC(=O)[O-])CC(=O)[O-])CCN(CC(=O)[O-])CC(=O)[O-].O=C([O-])CN(CCN(CC(=O)[O-])CC(=O)[O-])CCN(CC(=O)[O-])CC(=O)[O-].[Al+3].[Al+3].[Al+3].[Al+3].[Al+3]. The molecule has 0 unspecified atom stereocenters. The number of hydrogen-bond acceptors (Lipinski definition) is 39. The molecule has 0 aromatic carbocycles. The van der Waals surface area contributed by atoms with Gasteiger partial charge < -0.3 is 149 Å². The van der Waals surface area contributed by atoms with Crippen molar-refractivity contribution in [2.24, 2.45) is 0 Å². The molecule has 0 saturated carbocycles. The summed E-state index contributed by atoms with van der Waals surface area (Å²) in [6.45, 7) is -12.5. The number of nitrogens with zero attached hydrogens (tertiary/aromatic N) is 9. The Labute approximate surface area is 542 Å². The van der Waals surface area contributed by atoms with Crippen LogP contribution >= 0.6 is 0 Å². The molecule has 0 radical (unpaired) electrons. The summed E-state index contributed by atoms with van der Waals surface area (Å²) < 4.78 is 0. The summed E-state index contributed by atoms with van der Waals surface area (Å²) in [5, 5.41) is 160. The maximum Gasteiger partial charge on any atom is 3.00 e. The molecule has 462 valence electrons. The number of hydrogen-bond donors (Lipinski definition) is 0. The molecule has 0 saturated heterocycles. The first-order chi connectivity index (χ1) is 37.5. The molecule has 44 heteroatoms. The fraction of sp³-hybridized carbons (Fsp3) is 0.643. The van der Waals surface area contributed by atoms with Crippen LogP contribution in [0.25, 0.3) is 0 Å². The fourth-order valence-corrected chi connectivity index (χ4v) is 6.53. The van der Waals surface area contributed by atoms with Crippen molar-refractivity contribution in [1.82, 2.24) is 44.1 Å². The Morgan fingerprint density at radius 2 is 0.198 bits per heavy atom. The number of carboxylic acid groups (broad SMARTS) is 15. The topological polar surface area (TPSA) is 631 Å². The average molecular weight is 1300 g/mol. The molecule has 0 spiro atoms. The van der Waals surface area contributed by atoms with Gasteiger partial charge in [0.15, 0.2) is 0 Å². The molecule has 0 heterocycles. The molecule has 86 heavy (non-hydrogen) atoms. The summed E-state index contributed by atoms with van der Waals surface area (Å²) in [5.41, 5.74) is 0. The third-order valence-corrected chi connectivity index (χ3v) is 9.69. The maximum absolute atomic E-state index is 10.8. The average Bonchev–Trinajstić information content (AvgIpc) is 3.26. The van der Waals surface area contributed by atoms with Gasteiger partial charge in [0.25, 0.3) is 0 Å². The minimum absolute atomic E-state index is 0. The monoisotopic (exact) mass is 1300 g/mol. The van der Waals surface area contributed by atoms with Crippen molar-refractivity contribution in [3.63, 3.8) is 0 Å². The van der Waals surface area contributed by atoms with Crippen LogP contribution in [0.4, 0.5) is 0 Å². The first kappa shape index (κ1) is 96.7. The second kappa shape index (κ2) is 55.9. The zero-order chi connectivity index (χ0) is 62.9. The van der Waals surface area contributed by atoms with Crippen LogP contribution in [-0.2, 0) is 71.9 Å². The van der Waals surface area contributed by atoms with Crippen LogP contribution in [0.2, 0.25) is 0 Å². The van der Waals surface area contributed by atoms with E-state index in [9.17, 15) is 149 Å². The Morgan fingerprint density at radius 3 is 0.267 bits per heavy atom. The molecule has 0 bridgehead atoms. The van der Waals surface area contributed by atoms with Gasteiger partial charge in [0.2, 0.25) is 0 Å². The predicted molar refractivity (Wildman–Crippen MR) is 252 cm³/mol. The van der Waals surface area contributed by atoms with E-state index >= 15 is 0 Å². The van der Waals surface area contributed by atoms with Crippen LogP contribution < -0.4 is 76.6 Å². The van der Waals surface area contributed by atoms with Crippen molar-refractivity contribution in [1.29, 1.82) is 0 Å². The number of carbonyl (C=O) groups is 15. The molecule has 0 amide bonds. The molecule has 0 aliphatic rings. The van der Waals surface area contributed by atoms with E-state index in [4.69, 9.17) is 0 Å². The van der Waals surface area contributed by atoms with E-state index in [2.05, 4.69) is 0 Å². The van der Waals surface area contributed by atoms with Gasteiger partial charge in [0, 0.05) is 177 Å². The fourth-order valence-electron chi connectivity index (χ4n) is 6.53. The Kier molecular flexibility index (Phi) is 62.8. The smallest absolute Gasteiger partial charge is 0.549 e. The molecule has 0 rings (SSSR count). The minimum Gasteiger partial charge on any atom is -0.549 e. The summed E-state index contributed by atoms with van der Waals surface area (Å²) >= 11 is 0. The number of carbonyl (C=O) groups excluding carboxylic acids is 15. The Balaban J connectivity index is -0.000000172. The first-order valence-corrected chi connectivity index (χ1v) is 23.0. The van der Waals surface area contributed by atoms with Gasteiger partial charge in [-0.3, -0.25) is 44.1 Å². The number of aliphatic carboxylic acids is 15. The van der Waals surface area contributed by atoms with Crippen molar-refractivity contribution in [3.05, 3.63) is 0 Å². The van der Waals surface area contributed by atoms with Crippen LogP contribution in [0.15, 0.2) is 0 Å². The third kappa shape index (κ3) is 65.9. The Bertz CT molecular complexity index is 1700. The number of rotatable bonds is 48. The van der Waals surface area contributed by atoms with E-state index in [0.717, 1.165) is 29.4 Å². The molecule has 0 aliphatic heterocycles. The Morgan fingerprint density at radius 1 is 0.140 bits per heavy atom. The standard InChI is InChI=1S/3C14H23N3O10.5Al/c3*18-10(19)5-15(1-3-16(6-11(20)21)7-12(22)23)2-4-17(8-13(24)25)9-14(26)27;;;;;/h3*1-9H2,(H,18,19)(H,20,21)(H,22,23)(H,24,25)(H,26,27);;;;;/q;;;5*+3/p-15. The predicted octanol–water partition coefficient (Wildman–Crippen LogP) is -30.0. The molecule has 0 fully saturated rings. The molecular formula is C42H54Al5N9O30. The summed E-state index contributed by atoms with van der Waals surface area (Å²) in [6.07, 6.45) is 0. The van der Waals surface area contributed by atoms with Crippen LogP contribution in [0.5, 0.6) is 0 Å². The third-order valence-electron chi connectivity index (χ3n) is 9.69. The zero-order valence-electron chi connectivity index (χ0n) is 45.8. The normalized spacial score (nSPS) is 10.4. The quantitative estimate of drug-likeness (QED) is 0.0511. The first-order valence-electron chi connectivity index (χ1n) is 23.0. The van der Waals surface area contributed by atoms with Crippen molar-refractivity contribution in [2.75, 3.05) is 177 Å². The second-order valence-electron chi connectivity index (χ2n) is 16.7. The molecule has 0 N–H and O–H groups in total. The van der Waals surface area contributed by atoms with E-state index in [1.54, 1.807) is 0 Å². The Hall–Kier alpha value is -5.65. The molecule has 39 nitrogen and oxygen atoms in total. The van der Waals surface area contributed by atoms with E-state index < -0.39 is 188 Å². The largest absolute Gasteiger partial charge is 3.00 e. The van der Waals surface area contributed by atoms with Crippen molar-refractivity contribution in [2.45, 2.75) is 0 Å².